The molecular weight excluding hydrogens is 326 g/mol. The maximum Gasteiger partial charge on any atom is 0.245 e. The van der Waals surface area contributed by atoms with Gasteiger partial charge in [0.1, 0.15) is 0 Å². The molecule has 0 bridgehead atoms. The molecule has 0 aromatic carbocycles. The Kier molecular flexibility index (Phi) is 3.60. The van der Waals surface area contributed by atoms with E-state index in [2.05, 4.69) is 61.2 Å². The van der Waals surface area contributed by atoms with Crippen LogP contribution in [0.5, 0.6) is 0 Å². The number of hydrogen-bond donors (Lipinski definition) is 2. The first-order chi connectivity index (χ1) is 9.13. The van der Waals surface area contributed by atoms with Gasteiger partial charge in [0.15, 0.2) is 5.82 Å². The van der Waals surface area contributed by atoms with Gasteiger partial charge < -0.3 is 10.2 Å². The van der Waals surface area contributed by atoms with Crippen molar-refractivity contribution in [2.75, 3.05) is 24.5 Å². The number of nitrogens with one attached hydrogen (secondary N) is 2. The number of aromatic nitrogens is 3. The van der Waals surface area contributed by atoms with Gasteiger partial charge in [-0.25, -0.2) is 0 Å². The van der Waals surface area contributed by atoms with Crippen LogP contribution in [0.25, 0.3) is 10.7 Å². The van der Waals surface area contributed by atoms with Gasteiger partial charge in [0, 0.05) is 25.7 Å². The zero-order chi connectivity index (χ0) is 13.4. The molecule has 2 aromatic rings. The Labute approximate surface area is 124 Å². The van der Waals surface area contributed by atoms with Crippen molar-refractivity contribution in [2.45, 2.75) is 19.9 Å². The Hall–Kier alpha value is -0.920. The fourth-order valence-electron chi connectivity index (χ4n) is 2.20. The van der Waals surface area contributed by atoms with E-state index in [1.165, 1.54) is 5.56 Å². The van der Waals surface area contributed by atoms with Crippen LogP contribution in [-0.2, 0) is 0 Å². The van der Waals surface area contributed by atoms with Gasteiger partial charge in [-0.15, -0.1) is 16.4 Å². The van der Waals surface area contributed by atoms with E-state index in [0.29, 0.717) is 6.04 Å². The van der Waals surface area contributed by atoms with E-state index in [0.717, 1.165) is 40.1 Å². The molecule has 3 heterocycles. The zero-order valence-corrected chi connectivity index (χ0v) is 13.3. The van der Waals surface area contributed by atoms with Crippen LogP contribution in [0.15, 0.2) is 9.85 Å². The smallest absolute Gasteiger partial charge is 0.245 e. The lowest BCUT2D eigenvalue weighted by molar-refractivity contribution is 0.480. The van der Waals surface area contributed by atoms with E-state index < -0.39 is 0 Å². The zero-order valence-electron chi connectivity index (χ0n) is 10.9. The topological polar surface area (TPSA) is 56.8 Å². The lowest BCUT2D eigenvalue weighted by Crippen LogP contribution is -2.49. The molecule has 0 aliphatic carbocycles. The first-order valence-electron chi connectivity index (χ1n) is 6.30. The van der Waals surface area contributed by atoms with Gasteiger partial charge in [-0.1, -0.05) is 0 Å². The molecule has 5 nitrogen and oxygen atoms in total. The number of halogens is 1. The summed E-state index contributed by atoms with van der Waals surface area (Å²) < 4.78 is 1.15. The predicted molar refractivity (Wildman–Crippen MR) is 81.8 cm³/mol. The summed E-state index contributed by atoms with van der Waals surface area (Å²) in [6, 6.07) is 2.60. The van der Waals surface area contributed by atoms with Crippen molar-refractivity contribution in [3.8, 4) is 10.7 Å². The fourth-order valence-corrected chi connectivity index (χ4v) is 3.67. The van der Waals surface area contributed by atoms with Crippen molar-refractivity contribution in [1.29, 1.82) is 0 Å². The monoisotopic (exact) mass is 341 g/mol. The number of anilines is 1. The molecule has 1 saturated heterocycles. The first kappa shape index (κ1) is 13.1. The molecule has 1 atom stereocenters. The summed E-state index contributed by atoms with van der Waals surface area (Å²) in [6.07, 6.45) is 0. The van der Waals surface area contributed by atoms with Gasteiger partial charge in [0.25, 0.3) is 0 Å². The van der Waals surface area contributed by atoms with Crippen LogP contribution in [0.2, 0.25) is 0 Å². The lowest BCUT2D eigenvalue weighted by atomic mass is 10.2. The molecule has 1 fully saturated rings. The van der Waals surface area contributed by atoms with Crippen LogP contribution in [0.1, 0.15) is 12.5 Å². The third kappa shape index (κ3) is 2.68. The molecule has 2 N–H and O–H groups in total. The number of thiophene rings is 1. The minimum Gasteiger partial charge on any atom is -0.337 e. The molecule has 0 spiro atoms. The van der Waals surface area contributed by atoms with E-state index in [1.54, 1.807) is 11.3 Å². The van der Waals surface area contributed by atoms with Gasteiger partial charge in [-0.2, -0.15) is 4.98 Å². The normalized spacial score (nSPS) is 19.9. The predicted octanol–water partition coefficient (Wildman–Crippen LogP) is 2.40. The molecule has 0 amide bonds. The molecule has 1 aliphatic rings. The summed E-state index contributed by atoms with van der Waals surface area (Å²) >= 11 is 5.22. The van der Waals surface area contributed by atoms with Crippen molar-refractivity contribution in [3.05, 3.63) is 15.4 Å². The fraction of sp³-hybridized carbons (Fsp3) is 0.500. The van der Waals surface area contributed by atoms with E-state index in [9.17, 15) is 0 Å². The number of hydrogen-bond acceptors (Lipinski definition) is 5. The highest BCUT2D eigenvalue weighted by molar-refractivity contribution is 9.11. The molecule has 0 radical (unpaired) electrons. The van der Waals surface area contributed by atoms with Crippen molar-refractivity contribution in [3.63, 3.8) is 0 Å². The number of H-pyrrole nitrogens is 1. The number of aromatic amines is 1. The van der Waals surface area contributed by atoms with Crippen molar-refractivity contribution in [2.24, 2.45) is 0 Å². The van der Waals surface area contributed by atoms with Gasteiger partial charge >= 0.3 is 0 Å². The van der Waals surface area contributed by atoms with E-state index in [-0.39, 0.29) is 0 Å². The first-order valence-corrected chi connectivity index (χ1v) is 7.91. The van der Waals surface area contributed by atoms with Gasteiger partial charge in [-0.3, -0.25) is 5.10 Å². The van der Waals surface area contributed by atoms with Crippen LogP contribution < -0.4 is 10.2 Å². The quantitative estimate of drug-likeness (QED) is 0.880. The summed E-state index contributed by atoms with van der Waals surface area (Å²) in [5.41, 5.74) is 1.23. The Morgan fingerprint density at radius 1 is 1.53 bits per heavy atom. The highest BCUT2D eigenvalue weighted by Crippen LogP contribution is 2.33. The second-order valence-corrected chi connectivity index (χ2v) is 7.22. The minimum absolute atomic E-state index is 0.480. The van der Waals surface area contributed by atoms with Crippen LogP contribution in [0.3, 0.4) is 0 Å². The molecule has 102 valence electrons. The molecule has 7 heteroatoms. The second-order valence-electron chi connectivity index (χ2n) is 4.85. The Morgan fingerprint density at radius 3 is 3.05 bits per heavy atom. The number of piperazine rings is 1. The minimum atomic E-state index is 0.480. The summed E-state index contributed by atoms with van der Waals surface area (Å²) in [5, 5.41) is 10.8. The van der Waals surface area contributed by atoms with Crippen molar-refractivity contribution < 1.29 is 0 Å². The maximum atomic E-state index is 4.61. The van der Waals surface area contributed by atoms with Crippen LogP contribution in [-0.4, -0.2) is 40.9 Å². The number of nitrogens with zero attached hydrogens (tertiary/aromatic N) is 3. The van der Waals surface area contributed by atoms with E-state index in [4.69, 9.17) is 0 Å². The summed E-state index contributed by atoms with van der Waals surface area (Å²) in [4.78, 5) is 7.95. The Morgan fingerprint density at radius 2 is 2.37 bits per heavy atom. The van der Waals surface area contributed by atoms with E-state index in [1.807, 2.05) is 0 Å². The largest absolute Gasteiger partial charge is 0.337 e. The van der Waals surface area contributed by atoms with Gasteiger partial charge in [-0.05, 0) is 41.4 Å². The molecule has 19 heavy (non-hydrogen) atoms. The Bertz CT molecular complexity index is 559. The summed E-state index contributed by atoms with van der Waals surface area (Å²) in [6.45, 7) is 7.15. The molecule has 1 aliphatic heterocycles. The summed E-state index contributed by atoms with van der Waals surface area (Å²) in [7, 11) is 0. The molecule has 0 unspecified atom stereocenters. The molecular formula is C12H16BrN5S. The van der Waals surface area contributed by atoms with Crippen LogP contribution >= 0.6 is 27.3 Å². The standard InChI is InChI=1S/C12H16BrN5S/c1-7-5-9(19-10(7)13)11-15-12(17-16-11)18-4-3-14-8(2)6-18/h5,8,14H,3-4,6H2,1-2H3,(H,15,16,17)/t8-/m0/s1. The highest BCUT2D eigenvalue weighted by Gasteiger charge is 2.20. The van der Waals surface area contributed by atoms with Crippen LogP contribution in [0.4, 0.5) is 5.95 Å². The lowest BCUT2D eigenvalue weighted by Gasteiger charge is -2.30. The molecule has 0 saturated carbocycles. The van der Waals surface area contributed by atoms with Crippen LogP contribution in [0, 0.1) is 6.92 Å². The van der Waals surface area contributed by atoms with E-state index >= 15 is 0 Å². The second kappa shape index (κ2) is 5.22. The van der Waals surface area contributed by atoms with Crippen molar-refractivity contribution >= 4 is 33.2 Å². The average Bonchev–Trinajstić information content (AvgIpc) is 2.97. The number of aryl methyl sites for hydroxylation is 1. The maximum absolute atomic E-state index is 4.61. The SMILES string of the molecule is Cc1cc(-c2nc(N3CCN[C@@H](C)C3)n[nH]2)sc1Br. The Balaban J connectivity index is 1.82. The average molecular weight is 342 g/mol. The van der Waals surface area contributed by atoms with Gasteiger partial charge in [0.2, 0.25) is 5.95 Å². The molecule has 3 rings (SSSR count). The molecule has 2 aromatic heterocycles. The van der Waals surface area contributed by atoms with Gasteiger partial charge in [0.05, 0.1) is 8.66 Å². The number of rotatable bonds is 2. The third-order valence-corrected chi connectivity index (χ3v) is 5.36. The van der Waals surface area contributed by atoms with Crippen molar-refractivity contribution in [1.82, 2.24) is 20.5 Å². The highest BCUT2D eigenvalue weighted by atomic mass is 79.9. The summed E-state index contributed by atoms with van der Waals surface area (Å²) in [5.74, 6) is 1.64. The third-order valence-electron chi connectivity index (χ3n) is 3.22.